The number of rotatable bonds is 4. The largest absolute Gasteiger partial charge is 0.383 e. The Bertz CT molecular complexity index is 716. The molecule has 0 saturated heterocycles. The Hall–Kier alpha value is -2.20. The first kappa shape index (κ1) is 15.7. The summed E-state index contributed by atoms with van der Waals surface area (Å²) >= 11 is 0. The van der Waals surface area contributed by atoms with Crippen molar-refractivity contribution in [1.82, 2.24) is 5.32 Å². The van der Waals surface area contributed by atoms with Crippen LogP contribution in [0.25, 0.3) is 0 Å². The molecule has 0 fully saturated rings. The number of carbonyl (C=O) groups excluding carboxylic acids is 1. The SMILES string of the molecule is O=C(Cc1cccc(F)c1)NCC1(O)CCCc2ccccc21. The molecule has 1 amide bonds. The second-order valence-corrected chi connectivity index (χ2v) is 6.13. The molecule has 1 aliphatic carbocycles. The summed E-state index contributed by atoms with van der Waals surface area (Å²) in [6, 6.07) is 13.8. The van der Waals surface area contributed by atoms with Crippen LogP contribution >= 0.6 is 0 Å². The molecule has 2 aromatic rings. The molecule has 0 radical (unpaired) electrons. The van der Waals surface area contributed by atoms with Crippen LogP contribution in [0.2, 0.25) is 0 Å². The van der Waals surface area contributed by atoms with Crippen LogP contribution in [0.3, 0.4) is 0 Å². The lowest BCUT2D eigenvalue weighted by Crippen LogP contribution is -2.43. The highest BCUT2D eigenvalue weighted by atomic mass is 19.1. The zero-order chi connectivity index (χ0) is 16.3. The molecule has 0 bridgehead atoms. The van der Waals surface area contributed by atoms with Crippen molar-refractivity contribution in [2.75, 3.05) is 6.54 Å². The lowest BCUT2D eigenvalue weighted by Gasteiger charge is -2.34. The fourth-order valence-corrected chi connectivity index (χ4v) is 3.22. The van der Waals surface area contributed by atoms with Gasteiger partial charge in [-0.1, -0.05) is 36.4 Å². The number of hydrogen-bond donors (Lipinski definition) is 2. The van der Waals surface area contributed by atoms with E-state index in [9.17, 15) is 14.3 Å². The first-order chi connectivity index (χ1) is 11.1. The predicted molar refractivity (Wildman–Crippen MR) is 86.4 cm³/mol. The number of aryl methyl sites for hydroxylation is 1. The van der Waals surface area contributed by atoms with Gasteiger partial charge in [0, 0.05) is 0 Å². The Morgan fingerprint density at radius 3 is 2.87 bits per heavy atom. The van der Waals surface area contributed by atoms with Crippen LogP contribution in [-0.4, -0.2) is 17.6 Å². The third-order valence-corrected chi connectivity index (χ3v) is 4.39. The van der Waals surface area contributed by atoms with Crippen molar-refractivity contribution in [2.24, 2.45) is 0 Å². The molecule has 0 saturated carbocycles. The zero-order valence-electron chi connectivity index (χ0n) is 12.9. The van der Waals surface area contributed by atoms with Crippen molar-refractivity contribution in [2.45, 2.75) is 31.3 Å². The fourth-order valence-electron chi connectivity index (χ4n) is 3.22. The van der Waals surface area contributed by atoms with Gasteiger partial charge in [-0.3, -0.25) is 4.79 Å². The number of nitrogens with one attached hydrogen (secondary N) is 1. The van der Waals surface area contributed by atoms with Gasteiger partial charge in [-0.2, -0.15) is 0 Å². The molecule has 2 aromatic carbocycles. The Labute approximate surface area is 135 Å². The van der Waals surface area contributed by atoms with Crippen LogP contribution in [0, 0.1) is 5.82 Å². The minimum atomic E-state index is -1.02. The van der Waals surface area contributed by atoms with Crippen molar-refractivity contribution in [3.05, 3.63) is 71.0 Å². The van der Waals surface area contributed by atoms with Crippen molar-refractivity contribution in [1.29, 1.82) is 0 Å². The first-order valence-corrected chi connectivity index (χ1v) is 7.89. The summed E-state index contributed by atoms with van der Waals surface area (Å²) in [6.07, 6.45) is 2.59. The van der Waals surface area contributed by atoms with E-state index in [0.717, 1.165) is 24.0 Å². The smallest absolute Gasteiger partial charge is 0.224 e. The number of carbonyl (C=O) groups is 1. The minimum Gasteiger partial charge on any atom is -0.383 e. The molecular formula is C19H20FNO2. The van der Waals surface area contributed by atoms with Crippen LogP contribution in [0.15, 0.2) is 48.5 Å². The van der Waals surface area contributed by atoms with E-state index < -0.39 is 5.60 Å². The van der Waals surface area contributed by atoms with Gasteiger partial charge in [0.15, 0.2) is 0 Å². The summed E-state index contributed by atoms with van der Waals surface area (Å²) in [5, 5.41) is 13.7. The normalized spacial score (nSPS) is 19.9. The molecule has 0 spiro atoms. The van der Waals surface area contributed by atoms with E-state index in [-0.39, 0.29) is 24.7 Å². The Kier molecular flexibility index (Phi) is 4.44. The van der Waals surface area contributed by atoms with E-state index in [0.29, 0.717) is 12.0 Å². The monoisotopic (exact) mass is 313 g/mol. The molecule has 23 heavy (non-hydrogen) atoms. The number of amides is 1. The highest BCUT2D eigenvalue weighted by Gasteiger charge is 2.34. The van der Waals surface area contributed by atoms with E-state index in [1.54, 1.807) is 12.1 Å². The molecule has 0 heterocycles. The summed E-state index contributed by atoms with van der Waals surface area (Å²) in [5.74, 6) is -0.567. The molecule has 1 unspecified atom stereocenters. The summed E-state index contributed by atoms with van der Waals surface area (Å²) in [6.45, 7) is 0.179. The van der Waals surface area contributed by atoms with Gasteiger partial charge in [-0.25, -0.2) is 4.39 Å². The third-order valence-electron chi connectivity index (χ3n) is 4.39. The lowest BCUT2D eigenvalue weighted by molar-refractivity contribution is -0.122. The molecule has 1 aliphatic rings. The Balaban J connectivity index is 1.65. The van der Waals surface area contributed by atoms with Gasteiger partial charge in [0.1, 0.15) is 11.4 Å². The maximum atomic E-state index is 13.1. The minimum absolute atomic E-state index is 0.107. The van der Waals surface area contributed by atoms with Crippen molar-refractivity contribution >= 4 is 5.91 Å². The fraction of sp³-hybridized carbons (Fsp3) is 0.316. The highest BCUT2D eigenvalue weighted by molar-refractivity contribution is 5.78. The Morgan fingerprint density at radius 2 is 2.04 bits per heavy atom. The van der Waals surface area contributed by atoms with Gasteiger partial charge >= 0.3 is 0 Å². The number of aliphatic hydroxyl groups is 1. The summed E-state index contributed by atoms with van der Waals surface area (Å²) in [4.78, 5) is 12.1. The van der Waals surface area contributed by atoms with Gasteiger partial charge in [0.05, 0.1) is 13.0 Å². The van der Waals surface area contributed by atoms with E-state index in [1.807, 2.05) is 24.3 Å². The quantitative estimate of drug-likeness (QED) is 0.912. The predicted octanol–water partition coefficient (Wildman–Crippen LogP) is 2.71. The molecule has 3 nitrogen and oxygen atoms in total. The van der Waals surface area contributed by atoms with E-state index in [1.165, 1.54) is 12.1 Å². The Morgan fingerprint density at radius 1 is 1.22 bits per heavy atom. The summed E-state index contributed by atoms with van der Waals surface area (Å²) in [5.41, 5.74) is 1.64. The summed E-state index contributed by atoms with van der Waals surface area (Å²) in [7, 11) is 0. The van der Waals surface area contributed by atoms with Crippen LogP contribution in [-0.2, 0) is 23.2 Å². The number of halogens is 1. The molecule has 1 atom stereocenters. The molecule has 0 aliphatic heterocycles. The number of fused-ring (bicyclic) bond motifs is 1. The van der Waals surface area contributed by atoms with Gasteiger partial charge in [0.25, 0.3) is 0 Å². The molecule has 2 N–H and O–H groups in total. The third kappa shape index (κ3) is 3.59. The highest BCUT2D eigenvalue weighted by Crippen LogP contribution is 2.34. The molecule has 0 aromatic heterocycles. The standard InChI is InChI=1S/C19H20FNO2/c20-16-8-3-5-14(11-16)12-18(22)21-13-19(23)10-4-7-15-6-1-2-9-17(15)19/h1-3,5-6,8-9,11,23H,4,7,10,12-13H2,(H,21,22). The van der Waals surface area contributed by atoms with Crippen LogP contribution in [0.4, 0.5) is 4.39 Å². The summed E-state index contributed by atoms with van der Waals surface area (Å²) < 4.78 is 13.1. The van der Waals surface area contributed by atoms with Crippen LogP contribution in [0.1, 0.15) is 29.5 Å². The second-order valence-electron chi connectivity index (χ2n) is 6.13. The van der Waals surface area contributed by atoms with Gasteiger partial charge in [-0.15, -0.1) is 0 Å². The van der Waals surface area contributed by atoms with Crippen molar-refractivity contribution in [3.63, 3.8) is 0 Å². The molecule has 120 valence electrons. The van der Waals surface area contributed by atoms with E-state index >= 15 is 0 Å². The number of hydrogen-bond acceptors (Lipinski definition) is 2. The molecule has 4 heteroatoms. The van der Waals surface area contributed by atoms with Gasteiger partial charge in [-0.05, 0) is 48.1 Å². The zero-order valence-corrected chi connectivity index (χ0v) is 12.9. The van der Waals surface area contributed by atoms with E-state index in [2.05, 4.69) is 5.32 Å². The molecular weight excluding hydrogens is 293 g/mol. The number of benzene rings is 2. The maximum absolute atomic E-state index is 13.1. The average Bonchev–Trinajstić information content (AvgIpc) is 2.54. The molecule has 3 rings (SSSR count). The van der Waals surface area contributed by atoms with Gasteiger partial charge in [0.2, 0.25) is 5.91 Å². The van der Waals surface area contributed by atoms with Crippen LogP contribution < -0.4 is 5.32 Å². The average molecular weight is 313 g/mol. The van der Waals surface area contributed by atoms with Crippen molar-refractivity contribution in [3.8, 4) is 0 Å². The second kappa shape index (κ2) is 6.50. The van der Waals surface area contributed by atoms with E-state index in [4.69, 9.17) is 0 Å². The topological polar surface area (TPSA) is 49.3 Å². The lowest BCUT2D eigenvalue weighted by atomic mass is 9.79. The van der Waals surface area contributed by atoms with Crippen LogP contribution in [0.5, 0.6) is 0 Å². The maximum Gasteiger partial charge on any atom is 0.224 e. The van der Waals surface area contributed by atoms with Gasteiger partial charge < -0.3 is 10.4 Å². The van der Waals surface area contributed by atoms with Crippen molar-refractivity contribution < 1.29 is 14.3 Å². The first-order valence-electron chi connectivity index (χ1n) is 7.89.